The second-order valence-corrected chi connectivity index (χ2v) is 7.34. The number of hydrogen-bond donors (Lipinski definition) is 2. The van der Waals surface area contributed by atoms with E-state index in [9.17, 15) is 4.79 Å². The number of nitrogens with one attached hydrogen (secondary N) is 1. The van der Waals surface area contributed by atoms with Gasteiger partial charge in [-0.25, -0.2) is 4.79 Å². The Morgan fingerprint density at radius 1 is 1.09 bits per heavy atom. The van der Waals surface area contributed by atoms with E-state index in [1.165, 1.54) is 27.8 Å². The quantitative estimate of drug-likeness (QED) is 0.832. The van der Waals surface area contributed by atoms with Crippen LogP contribution in [0.2, 0.25) is 0 Å². The first kappa shape index (κ1) is 15.6. The maximum absolute atomic E-state index is 11.1. The van der Waals surface area contributed by atoms with Gasteiger partial charge in [-0.3, -0.25) is 0 Å². The molecule has 120 valence electrons. The molecule has 1 amide bonds. The zero-order chi connectivity index (χ0) is 16.8. The average Bonchev–Trinajstić information content (AvgIpc) is 2.67. The molecule has 2 aromatic rings. The van der Waals surface area contributed by atoms with Gasteiger partial charge in [-0.05, 0) is 47.9 Å². The number of aryl methyl sites for hydroxylation is 2. The van der Waals surface area contributed by atoms with Gasteiger partial charge >= 0.3 is 6.09 Å². The van der Waals surface area contributed by atoms with Gasteiger partial charge in [0.1, 0.15) is 0 Å². The minimum atomic E-state index is -0.964. The van der Waals surface area contributed by atoms with Gasteiger partial charge in [0.05, 0.1) is 6.04 Å². The molecule has 0 radical (unpaired) electrons. The fraction of sp³-hybridized carbons (Fsp3) is 0.350. The van der Waals surface area contributed by atoms with Crippen LogP contribution in [0.15, 0.2) is 36.4 Å². The smallest absolute Gasteiger partial charge is 0.405 e. The van der Waals surface area contributed by atoms with Crippen molar-refractivity contribution in [1.29, 1.82) is 0 Å². The molecule has 0 saturated heterocycles. The highest BCUT2D eigenvalue weighted by Gasteiger charge is 2.39. The molecule has 0 aliphatic heterocycles. The van der Waals surface area contributed by atoms with Gasteiger partial charge in [-0.15, -0.1) is 0 Å². The van der Waals surface area contributed by atoms with Crippen molar-refractivity contribution in [1.82, 2.24) is 5.32 Å². The SMILES string of the molecule is Cc1cc(C)cc(-c2ccc3c(c2)CC(C)(C)C3NC(=O)O)c1. The van der Waals surface area contributed by atoms with Crippen LogP contribution in [-0.4, -0.2) is 11.2 Å². The van der Waals surface area contributed by atoms with Crippen LogP contribution in [0.4, 0.5) is 4.79 Å². The number of fused-ring (bicyclic) bond motifs is 1. The highest BCUT2D eigenvalue weighted by atomic mass is 16.4. The van der Waals surface area contributed by atoms with Crippen LogP contribution >= 0.6 is 0 Å². The Labute approximate surface area is 137 Å². The first-order valence-electron chi connectivity index (χ1n) is 7.97. The molecule has 23 heavy (non-hydrogen) atoms. The van der Waals surface area contributed by atoms with E-state index >= 15 is 0 Å². The number of benzene rings is 2. The largest absolute Gasteiger partial charge is 0.465 e. The van der Waals surface area contributed by atoms with Crippen molar-refractivity contribution in [3.63, 3.8) is 0 Å². The summed E-state index contributed by atoms with van der Waals surface area (Å²) in [6.45, 7) is 8.45. The molecular formula is C20H23NO2. The van der Waals surface area contributed by atoms with E-state index < -0.39 is 6.09 Å². The molecule has 0 saturated carbocycles. The molecule has 0 spiro atoms. The zero-order valence-corrected chi connectivity index (χ0v) is 14.1. The Morgan fingerprint density at radius 3 is 2.35 bits per heavy atom. The van der Waals surface area contributed by atoms with Crippen LogP contribution in [0.3, 0.4) is 0 Å². The van der Waals surface area contributed by atoms with E-state index in [4.69, 9.17) is 5.11 Å². The molecule has 0 heterocycles. The van der Waals surface area contributed by atoms with Gasteiger partial charge in [0.15, 0.2) is 0 Å². The van der Waals surface area contributed by atoms with Crippen molar-refractivity contribution in [2.45, 2.75) is 40.2 Å². The molecule has 3 rings (SSSR count). The van der Waals surface area contributed by atoms with Crippen LogP contribution in [0.5, 0.6) is 0 Å². The fourth-order valence-corrected chi connectivity index (χ4v) is 3.77. The van der Waals surface area contributed by atoms with Crippen molar-refractivity contribution in [3.05, 3.63) is 58.7 Å². The maximum Gasteiger partial charge on any atom is 0.405 e. The Balaban J connectivity index is 2.03. The summed E-state index contributed by atoms with van der Waals surface area (Å²) in [6.07, 6.45) is -0.0827. The first-order chi connectivity index (χ1) is 10.8. The highest BCUT2D eigenvalue weighted by molar-refractivity contribution is 5.69. The van der Waals surface area contributed by atoms with Gasteiger partial charge in [0.2, 0.25) is 0 Å². The molecule has 0 fully saturated rings. The molecule has 1 aliphatic rings. The second-order valence-electron chi connectivity index (χ2n) is 7.34. The summed E-state index contributed by atoms with van der Waals surface area (Å²) < 4.78 is 0. The molecule has 0 bridgehead atoms. The van der Waals surface area contributed by atoms with Crippen LogP contribution < -0.4 is 5.32 Å². The van der Waals surface area contributed by atoms with Crippen molar-refractivity contribution in [2.24, 2.45) is 5.41 Å². The molecule has 1 atom stereocenters. The summed E-state index contributed by atoms with van der Waals surface area (Å²) in [5.74, 6) is 0. The topological polar surface area (TPSA) is 49.3 Å². The lowest BCUT2D eigenvalue weighted by Crippen LogP contribution is -2.34. The van der Waals surface area contributed by atoms with Gasteiger partial charge in [-0.1, -0.05) is 61.4 Å². The molecule has 2 aromatic carbocycles. The number of carboxylic acid groups (broad SMARTS) is 1. The number of amides is 1. The fourth-order valence-electron chi connectivity index (χ4n) is 3.77. The predicted octanol–water partition coefficient (Wildman–Crippen LogP) is 4.86. The Bertz CT molecular complexity index is 757. The van der Waals surface area contributed by atoms with E-state index in [-0.39, 0.29) is 11.5 Å². The van der Waals surface area contributed by atoms with Gasteiger partial charge in [-0.2, -0.15) is 0 Å². The van der Waals surface area contributed by atoms with E-state index in [0.29, 0.717) is 0 Å². The minimum absolute atomic E-state index is 0.109. The van der Waals surface area contributed by atoms with E-state index in [2.05, 4.69) is 69.4 Å². The van der Waals surface area contributed by atoms with Crippen LogP contribution in [0.25, 0.3) is 11.1 Å². The normalized spacial score (nSPS) is 18.5. The van der Waals surface area contributed by atoms with Gasteiger partial charge in [0, 0.05) is 0 Å². The van der Waals surface area contributed by atoms with Crippen molar-refractivity contribution < 1.29 is 9.90 Å². The third kappa shape index (κ3) is 2.96. The first-order valence-corrected chi connectivity index (χ1v) is 7.97. The second kappa shape index (κ2) is 5.41. The molecule has 2 N–H and O–H groups in total. The lowest BCUT2D eigenvalue weighted by atomic mass is 9.85. The third-order valence-corrected chi connectivity index (χ3v) is 4.70. The minimum Gasteiger partial charge on any atom is -0.465 e. The highest BCUT2D eigenvalue weighted by Crippen LogP contribution is 2.46. The standard InChI is InChI=1S/C20H23NO2/c1-12-7-13(2)9-15(8-12)14-5-6-17-16(10-14)11-20(3,4)18(17)21-19(22)23/h5-10,18,21H,11H2,1-4H3,(H,22,23). The number of carbonyl (C=O) groups is 1. The van der Waals surface area contributed by atoms with E-state index in [1.54, 1.807) is 0 Å². The summed E-state index contributed by atoms with van der Waals surface area (Å²) in [6, 6.07) is 12.8. The third-order valence-electron chi connectivity index (χ3n) is 4.70. The molecule has 3 nitrogen and oxygen atoms in total. The number of rotatable bonds is 2. The summed E-state index contributed by atoms with van der Waals surface area (Å²) in [4.78, 5) is 11.1. The van der Waals surface area contributed by atoms with Crippen molar-refractivity contribution in [3.8, 4) is 11.1 Å². The summed E-state index contributed by atoms with van der Waals surface area (Å²) in [7, 11) is 0. The Morgan fingerprint density at radius 2 is 1.74 bits per heavy atom. The molecule has 0 aromatic heterocycles. The van der Waals surface area contributed by atoms with Crippen LogP contribution in [0, 0.1) is 19.3 Å². The van der Waals surface area contributed by atoms with Crippen LogP contribution in [0.1, 0.15) is 42.1 Å². The zero-order valence-electron chi connectivity index (χ0n) is 14.1. The summed E-state index contributed by atoms with van der Waals surface area (Å²) in [5.41, 5.74) is 7.16. The maximum atomic E-state index is 11.1. The molecule has 3 heteroatoms. The Hall–Kier alpha value is -2.29. The monoisotopic (exact) mass is 309 g/mol. The predicted molar refractivity (Wildman–Crippen MR) is 92.7 cm³/mol. The molecule has 1 aliphatic carbocycles. The van der Waals surface area contributed by atoms with Gasteiger partial charge in [0.25, 0.3) is 0 Å². The summed E-state index contributed by atoms with van der Waals surface area (Å²) >= 11 is 0. The lowest BCUT2D eigenvalue weighted by Gasteiger charge is -2.27. The molecule has 1 unspecified atom stereocenters. The van der Waals surface area contributed by atoms with Crippen molar-refractivity contribution >= 4 is 6.09 Å². The van der Waals surface area contributed by atoms with Crippen molar-refractivity contribution in [2.75, 3.05) is 0 Å². The number of hydrogen-bond acceptors (Lipinski definition) is 1. The average molecular weight is 309 g/mol. The van der Waals surface area contributed by atoms with Crippen LogP contribution in [-0.2, 0) is 6.42 Å². The van der Waals surface area contributed by atoms with E-state index in [1.807, 2.05) is 0 Å². The summed E-state index contributed by atoms with van der Waals surface area (Å²) in [5, 5.41) is 11.8. The van der Waals surface area contributed by atoms with E-state index in [0.717, 1.165) is 12.0 Å². The molecular weight excluding hydrogens is 286 g/mol. The lowest BCUT2D eigenvalue weighted by molar-refractivity contribution is 0.175. The Kier molecular flexibility index (Phi) is 3.67. The van der Waals surface area contributed by atoms with Gasteiger partial charge < -0.3 is 10.4 Å².